The average Bonchev–Trinajstić information content (AvgIpc) is 2.27. The largest absolute Gasteiger partial charge is 0.481 e. The van der Waals surface area contributed by atoms with Gasteiger partial charge in [-0.15, -0.1) is 0 Å². The highest BCUT2D eigenvalue weighted by Crippen LogP contribution is 2.08. The molecule has 118 valence electrons. The van der Waals surface area contributed by atoms with E-state index in [1.807, 2.05) is 0 Å². The highest BCUT2D eigenvalue weighted by Gasteiger charge is 1.95. The Balaban J connectivity index is -0.0000000793. The zero-order valence-corrected chi connectivity index (χ0v) is 13.6. The van der Waals surface area contributed by atoms with Crippen molar-refractivity contribution in [2.75, 3.05) is 24.7 Å². The van der Waals surface area contributed by atoms with Crippen LogP contribution in [0.5, 0.6) is 0 Å². The van der Waals surface area contributed by atoms with Crippen molar-refractivity contribution in [1.29, 1.82) is 0 Å². The predicted molar refractivity (Wildman–Crippen MR) is 82.3 cm³/mol. The lowest BCUT2D eigenvalue weighted by atomic mass is 10.0. The minimum atomic E-state index is -0.881. The van der Waals surface area contributed by atoms with Crippen LogP contribution in [-0.4, -0.2) is 57.1 Å². The van der Waals surface area contributed by atoms with Gasteiger partial charge in [0.15, 0.2) is 0 Å². The summed E-state index contributed by atoms with van der Waals surface area (Å²) in [5.74, 6) is -1.93. The van der Waals surface area contributed by atoms with Crippen LogP contribution in [0.2, 0.25) is 0 Å². The molecule has 0 rings (SSSR count). The molecule has 0 radical (unpaired) electrons. The third kappa shape index (κ3) is 204. The molecule has 4 N–H and O–H groups in total. The molecule has 0 aromatic carbocycles. The quantitative estimate of drug-likeness (QED) is 0.433. The summed E-state index contributed by atoms with van der Waals surface area (Å²) in [5, 5.41) is 30.5. The number of carboxylic acid groups (broad SMARTS) is 2. The molecular weight excluding hydrogens is 292 g/mol. The van der Waals surface area contributed by atoms with Gasteiger partial charge in [-0.1, -0.05) is 27.7 Å². The highest BCUT2D eigenvalue weighted by molar-refractivity contribution is 7.81. The van der Waals surface area contributed by atoms with Crippen LogP contribution in [0.4, 0.5) is 0 Å². The van der Waals surface area contributed by atoms with Crippen LogP contribution < -0.4 is 0 Å². The van der Waals surface area contributed by atoms with Crippen molar-refractivity contribution in [3.63, 3.8) is 0 Å². The zero-order chi connectivity index (χ0) is 16.5. The fourth-order valence-electron chi connectivity index (χ4n) is 0. The highest BCUT2D eigenvalue weighted by atomic mass is 32.1. The summed E-state index contributed by atoms with van der Waals surface area (Å²) in [5.41, 5.74) is 0.500. The Morgan fingerprint density at radius 3 is 0.947 bits per heavy atom. The minimum Gasteiger partial charge on any atom is -0.481 e. The van der Waals surface area contributed by atoms with E-state index in [2.05, 4.69) is 53.0 Å². The number of aliphatic hydroxyl groups is 2. The minimum absolute atomic E-state index is 0.0833. The van der Waals surface area contributed by atoms with Gasteiger partial charge >= 0.3 is 11.9 Å². The van der Waals surface area contributed by atoms with E-state index in [1.165, 1.54) is 0 Å². The molecule has 0 heterocycles. The first-order valence-electron chi connectivity index (χ1n) is 5.33. The molecule has 0 saturated carbocycles. The number of aliphatic carboxylic acids is 2. The van der Waals surface area contributed by atoms with E-state index in [1.54, 1.807) is 0 Å². The SMILES string of the molecule is CC(C)(C)C.O=C(O)CS.O=C(O)CS.OCCO. The van der Waals surface area contributed by atoms with E-state index in [-0.39, 0.29) is 24.7 Å². The monoisotopic (exact) mass is 318 g/mol. The molecule has 0 aliphatic rings. The number of hydrogen-bond acceptors (Lipinski definition) is 6. The van der Waals surface area contributed by atoms with Crippen molar-refractivity contribution in [2.24, 2.45) is 5.41 Å². The molecule has 0 unspecified atom stereocenters. The number of thiol groups is 2. The lowest BCUT2D eigenvalue weighted by Gasteiger charge is -2.05. The Hall–Kier alpha value is -0.440. The van der Waals surface area contributed by atoms with E-state index >= 15 is 0 Å². The van der Waals surface area contributed by atoms with E-state index in [4.69, 9.17) is 20.4 Å². The van der Waals surface area contributed by atoms with Crippen LogP contribution in [0.25, 0.3) is 0 Å². The standard InChI is InChI=1S/C5H12.2C2H4O2S.C2H6O2/c1-5(2,3)4;2*3-2(4)1-5;3-1-2-4/h1-4H3;2*5H,1H2,(H,3,4);3-4H,1-2H2. The molecule has 0 aliphatic heterocycles. The van der Waals surface area contributed by atoms with E-state index in [0.29, 0.717) is 5.41 Å². The van der Waals surface area contributed by atoms with Gasteiger partial charge in [0.05, 0.1) is 24.7 Å². The first-order chi connectivity index (χ1) is 8.45. The predicted octanol–water partition coefficient (Wildman–Crippen LogP) is 1.02. The van der Waals surface area contributed by atoms with Crippen molar-refractivity contribution in [2.45, 2.75) is 27.7 Å². The van der Waals surface area contributed by atoms with Crippen LogP contribution in [0, 0.1) is 5.41 Å². The molecule has 0 saturated heterocycles. The number of rotatable bonds is 3. The van der Waals surface area contributed by atoms with E-state index < -0.39 is 11.9 Å². The molecule has 0 aliphatic carbocycles. The topological polar surface area (TPSA) is 115 Å². The van der Waals surface area contributed by atoms with Gasteiger partial charge in [-0.3, -0.25) is 9.59 Å². The van der Waals surface area contributed by atoms with Crippen LogP contribution in [0.1, 0.15) is 27.7 Å². The lowest BCUT2D eigenvalue weighted by molar-refractivity contribution is -0.134. The van der Waals surface area contributed by atoms with Gasteiger partial charge in [-0.25, -0.2) is 0 Å². The summed E-state index contributed by atoms with van der Waals surface area (Å²) in [7, 11) is 0. The summed E-state index contributed by atoms with van der Waals surface area (Å²) in [6.45, 7) is 8.50. The maximum Gasteiger partial charge on any atom is 0.313 e. The Kier molecular flexibility index (Phi) is 28.3. The van der Waals surface area contributed by atoms with Crippen LogP contribution in [0.15, 0.2) is 0 Å². The number of carbonyl (C=O) groups is 2. The molecule has 19 heavy (non-hydrogen) atoms. The van der Waals surface area contributed by atoms with Crippen molar-refractivity contribution < 1.29 is 30.0 Å². The summed E-state index contributed by atoms with van der Waals surface area (Å²) in [6, 6.07) is 0. The molecule has 0 fully saturated rings. The molecular formula is C11H26O6S2. The summed E-state index contributed by atoms with van der Waals surface area (Å²) in [4.78, 5) is 18.6. The number of aliphatic hydroxyl groups excluding tert-OH is 2. The molecule has 0 bridgehead atoms. The van der Waals surface area contributed by atoms with Crippen molar-refractivity contribution >= 4 is 37.2 Å². The lowest BCUT2D eigenvalue weighted by Crippen LogP contribution is -1.93. The maximum atomic E-state index is 9.29. The Morgan fingerprint density at radius 1 is 0.842 bits per heavy atom. The molecule has 0 amide bonds. The molecule has 0 aromatic heterocycles. The van der Waals surface area contributed by atoms with E-state index in [9.17, 15) is 9.59 Å². The van der Waals surface area contributed by atoms with Crippen LogP contribution >= 0.6 is 25.3 Å². The Bertz CT molecular complexity index is 182. The summed E-state index contributed by atoms with van der Waals surface area (Å²) in [6.07, 6.45) is 0. The van der Waals surface area contributed by atoms with Gasteiger partial charge in [0.25, 0.3) is 0 Å². The van der Waals surface area contributed by atoms with Gasteiger partial charge in [0.1, 0.15) is 0 Å². The fourth-order valence-corrected chi connectivity index (χ4v) is 0. The van der Waals surface area contributed by atoms with Crippen LogP contribution in [-0.2, 0) is 9.59 Å². The van der Waals surface area contributed by atoms with Gasteiger partial charge in [-0.2, -0.15) is 25.3 Å². The molecule has 6 nitrogen and oxygen atoms in total. The maximum absolute atomic E-state index is 9.29. The van der Waals surface area contributed by atoms with Gasteiger partial charge in [0.2, 0.25) is 0 Å². The molecule has 8 heteroatoms. The molecule has 0 aromatic rings. The van der Waals surface area contributed by atoms with E-state index in [0.717, 1.165) is 0 Å². The Morgan fingerprint density at radius 2 is 0.947 bits per heavy atom. The van der Waals surface area contributed by atoms with Crippen LogP contribution in [0.3, 0.4) is 0 Å². The smallest absolute Gasteiger partial charge is 0.313 e. The second kappa shape index (κ2) is 19.9. The van der Waals surface area contributed by atoms with Gasteiger partial charge in [0, 0.05) is 0 Å². The van der Waals surface area contributed by atoms with Crippen molar-refractivity contribution in [3.05, 3.63) is 0 Å². The summed E-state index contributed by atoms with van der Waals surface area (Å²) < 4.78 is 0. The first-order valence-corrected chi connectivity index (χ1v) is 6.59. The second-order valence-corrected chi connectivity index (χ2v) is 5.18. The number of carboxylic acids is 2. The average molecular weight is 318 g/mol. The van der Waals surface area contributed by atoms with Crippen molar-refractivity contribution in [1.82, 2.24) is 0 Å². The number of hydrogen-bond donors (Lipinski definition) is 6. The first kappa shape index (κ1) is 27.0. The van der Waals surface area contributed by atoms with Gasteiger partial charge in [-0.05, 0) is 5.41 Å². The fraction of sp³-hybridized carbons (Fsp3) is 0.818. The zero-order valence-electron chi connectivity index (χ0n) is 11.8. The molecule has 0 spiro atoms. The summed E-state index contributed by atoms with van der Waals surface area (Å²) >= 11 is 6.83. The second-order valence-electron chi connectivity index (χ2n) is 4.55. The third-order valence-electron chi connectivity index (χ3n) is 0.371. The van der Waals surface area contributed by atoms with Gasteiger partial charge < -0.3 is 20.4 Å². The normalized spacial score (nSPS) is 8.63. The molecule has 0 atom stereocenters. The van der Waals surface area contributed by atoms with Crippen molar-refractivity contribution in [3.8, 4) is 0 Å². The Labute approximate surface area is 125 Å². The third-order valence-corrected chi connectivity index (χ3v) is 0.912.